The fourth-order valence-corrected chi connectivity index (χ4v) is 3.38. The highest BCUT2D eigenvalue weighted by atomic mass is 16.5. The third kappa shape index (κ3) is 3.19. The van der Waals surface area contributed by atoms with Crippen LogP contribution in [0.2, 0.25) is 0 Å². The number of ether oxygens (including phenoxy) is 1. The number of aliphatic carboxylic acids is 1. The topological polar surface area (TPSA) is 145 Å². The van der Waals surface area contributed by atoms with E-state index in [1.54, 1.807) is 4.90 Å². The summed E-state index contributed by atoms with van der Waals surface area (Å²) in [6.45, 7) is 1.12. The molecule has 3 heterocycles. The molecule has 0 bridgehead atoms. The monoisotopic (exact) mass is 335 g/mol. The number of fused-ring (bicyclic) bond motifs is 1. The normalized spacial score (nSPS) is 22.8. The number of nitrogens with two attached hydrogens (primary N) is 2. The second-order valence-electron chi connectivity index (χ2n) is 6.34. The predicted octanol–water partition coefficient (Wildman–Crippen LogP) is 0.192. The van der Waals surface area contributed by atoms with Gasteiger partial charge in [0.1, 0.15) is 11.4 Å². The molecule has 5 N–H and O–H groups in total. The van der Waals surface area contributed by atoms with E-state index in [-0.39, 0.29) is 24.7 Å². The van der Waals surface area contributed by atoms with Crippen LogP contribution < -0.4 is 16.2 Å². The lowest BCUT2D eigenvalue weighted by molar-refractivity contribution is -0.140. The van der Waals surface area contributed by atoms with Crippen LogP contribution in [0.25, 0.3) is 0 Å². The van der Waals surface area contributed by atoms with E-state index in [1.807, 2.05) is 0 Å². The molecule has 1 unspecified atom stereocenters. The Bertz CT molecular complexity index is 680. The number of hydrogen-bond donors (Lipinski definition) is 3. The summed E-state index contributed by atoms with van der Waals surface area (Å²) in [4.78, 5) is 32.6. The Labute approximate surface area is 139 Å². The van der Waals surface area contributed by atoms with Crippen molar-refractivity contribution in [2.45, 2.75) is 44.1 Å². The van der Waals surface area contributed by atoms with Gasteiger partial charge in [-0.25, -0.2) is 0 Å². The standard InChI is InChI=1S/C15H21N5O4/c16-12-9-8-15(24-13(9)19-14(17)18-12)4-1-6-20(7-5-15)10(21)2-3-11(22)23/h1-8H2,(H,22,23)(H4,16,17,18,19). The fourth-order valence-electron chi connectivity index (χ4n) is 3.38. The first-order chi connectivity index (χ1) is 11.4. The van der Waals surface area contributed by atoms with Gasteiger partial charge in [-0.1, -0.05) is 0 Å². The van der Waals surface area contributed by atoms with E-state index in [1.165, 1.54) is 0 Å². The zero-order chi connectivity index (χ0) is 17.3. The van der Waals surface area contributed by atoms with Gasteiger partial charge in [0.05, 0.1) is 12.0 Å². The Morgan fingerprint density at radius 1 is 1.21 bits per heavy atom. The number of carbonyl (C=O) groups excluding carboxylic acids is 1. The number of nitrogen functional groups attached to an aromatic ring is 2. The van der Waals surface area contributed by atoms with Gasteiger partial charge in [0, 0.05) is 32.4 Å². The molecule has 9 nitrogen and oxygen atoms in total. The predicted molar refractivity (Wildman–Crippen MR) is 85.2 cm³/mol. The van der Waals surface area contributed by atoms with Crippen LogP contribution in [-0.4, -0.2) is 50.5 Å². The van der Waals surface area contributed by atoms with Crippen LogP contribution >= 0.6 is 0 Å². The SMILES string of the molecule is Nc1nc(N)c2c(n1)OC1(CCCN(C(=O)CCC(=O)O)CC1)C2. The lowest BCUT2D eigenvalue weighted by Gasteiger charge is -2.27. The molecule has 130 valence electrons. The van der Waals surface area contributed by atoms with E-state index in [0.717, 1.165) is 18.4 Å². The highest BCUT2D eigenvalue weighted by molar-refractivity contribution is 5.80. The summed E-state index contributed by atoms with van der Waals surface area (Å²) in [6.07, 6.45) is 2.67. The van der Waals surface area contributed by atoms with Crippen molar-refractivity contribution in [3.8, 4) is 5.88 Å². The number of carboxylic acid groups (broad SMARTS) is 1. The van der Waals surface area contributed by atoms with Crippen LogP contribution in [0.5, 0.6) is 5.88 Å². The molecule has 1 fully saturated rings. The van der Waals surface area contributed by atoms with Gasteiger partial charge in [-0.15, -0.1) is 0 Å². The summed E-state index contributed by atoms with van der Waals surface area (Å²) in [5, 5.41) is 8.71. The number of rotatable bonds is 3. The maximum atomic E-state index is 12.1. The molecule has 0 radical (unpaired) electrons. The van der Waals surface area contributed by atoms with Crippen molar-refractivity contribution in [2.24, 2.45) is 0 Å². The molecule has 1 amide bonds. The third-order valence-electron chi connectivity index (χ3n) is 4.63. The van der Waals surface area contributed by atoms with E-state index in [2.05, 4.69) is 9.97 Å². The Morgan fingerprint density at radius 3 is 2.75 bits per heavy atom. The highest BCUT2D eigenvalue weighted by Crippen LogP contribution is 2.42. The lowest BCUT2D eigenvalue weighted by Crippen LogP contribution is -2.37. The van der Waals surface area contributed by atoms with Crippen molar-refractivity contribution in [2.75, 3.05) is 24.6 Å². The highest BCUT2D eigenvalue weighted by Gasteiger charge is 2.43. The van der Waals surface area contributed by atoms with Crippen LogP contribution in [-0.2, 0) is 16.0 Å². The maximum absolute atomic E-state index is 12.1. The number of amides is 1. The summed E-state index contributed by atoms with van der Waals surface area (Å²) in [6, 6.07) is 0. The molecule has 1 atom stereocenters. The number of likely N-dealkylation sites (tertiary alicyclic amines) is 1. The van der Waals surface area contributed by atoms with Crippen molar-refractivity contribution >= 4 is 23.6 Å². The Hall–Kier alpha value is -2.58. The van der Waals surface area contributed by atoms with Gasteiger partial charge in [-0.3, -0.25) is 9.59 Å². The average molecular weight is 335 g/mol. The van der Waals surface area contributed by atoms with Gasteiger partial charge in [0.15, 0.2) is 0 Å². The van der Waals surface area contributed by atoms with Crippen LogP contribution in [0.15, 0.2) is 0 Å². The van der Waals surface area contributed by atoms with E-state index in [0.29, 0.717) is 37.6 Å². The molecule has 1 aromatic rings. The molecule has 1 aromatic heterocycles. The van der Waals surface area contributed by atoms with Crippen LogP contribution in [0, 0.1) is 0 Å². The first-order valence-corrected chi connectivity index (χ1v) is 7.99. The van der Waals surface area contributed by atoms with Crippen molar-refractivity contribution in [1.82, 2.24) is 14.9 Å². The van der Waals surface area contributed by atoms with Crippen molar-refractivity contribution in [1.29, 1.82) is 0 Å². The number of anilines is 2. The second-order valence-corrected chi connectivity index (χ2v) is 6.34. The number of nitrogens with zero attached hydrogens (tertiary/aromatic N) is 3. The van der Waals surface area contributed by atoms with Crippen LogP contribution in [0.4, 0.5) is 11.8 Å². The molecule has 0 aliphatic carbocycles. The first kappa shape index (κ1) is 16.3. The van der Waals surface area contributed by atoms with Crippen molar-refractivity contribution < 1.29 is 19.4 Å². The smallest absolute Gasteiger partial charge is 0.303 e. The van der Waals surface area contributed by atoms with Gasteiger partial charge < -0.3 is 26.2 Å². The maximum Gasteiger partial charge on any atom is 0.303 e. The average Bonchev–Trinajstić information content (AvgIpc) is 2.73. The third-order valence-corrected chi connectivity index (χ3v) is 4.63. The molecule has 24 heavy (non-hydrogen) atoms. The largest absolute Gasteiger partial charge is 0.481 e. The van der Waals surface area contributed by atoms with Crippen LogP contribution in [0.3, 0.4) is 0 Å². The first-order valence-electron chi connectivity index (χ1n) is 7.99. The van der Waals surface area contributed by atoms with Gasteiger partial charge in [-0.2, -0.15) is 9.97 Å². The molecule has 1 saturated heterocycles. The zero-order valence-corrected chi connectivity index (χ0v) is 13.3. The van der Waals surface area contributed by atoms with Gasteiger partial charge in [0.25, 0.3) is 0 Å². The molecule has 2 aliphatic rings. The number of aromatic nitrogens is 2. The zero-order valence-electron chi connectivity index (χ0n) is 13.3. The summed E-state index contributed by atoms with van der Waals surface area (Å²) >= 11 is 0. The van der Waals surface area contributed by atoms with Gasteiger partial charge >= 0.3 is 5.97 Å². The molecule has 9 heteroatoms. The molecule has 1 spiro atoms. The summed E-state index contributed by atoms with van der Waals surface area (Å²) in [5.74, 6) is -0.231. The summed E-state index contributed by atoms with van der Waals surface area (Å²) < 4.78 is 6.06. The molecule has 3 rings (SSSR count). The molecule has 0 aromatic carbocycles. The van der Waals surface area contributed by atoms with E-state index >= 15 is 0 Å². The fraction of sp³-hybridized carbons (Fsp3) is 0.600. The minimum absolute atomic E-state index is 0.0262. The second kappa shape index (κ2) is 6.14. The number of carbonyl (C=O) groups is 2. The number of hydrogen-bond acceptors (Lipinski definition) is 7. The number of carboxylic acids is 1. The Kier molecular flexibility index (Phi) is 4.16. The summed E-state index contributed by atoms with van der Waals surface area (Å²) in [5.41, 5.74) is 11.9. The molecular weight excluding hydrogens is 314 g/mol. The Morgan fingerprint density at radius 2 is 2.00 bits per heavy atom. The van der Waals surface area contributed by atoms with E-state index in [9.17, 15) is 9.59 Å². The Balaban J connectivity index is 1.67. The van der Waals surface area contributed by atoms with Gasteiger partial charge in [0.2, 0.25) is 17.7 Å². The van der Waals surface area contributed by atoms with Crippen molar-refractivity contribution in [3.05, 3.63) is 5.56 Å². The van der Waals surface area contributed by atoms with E-state index < -0.39 is 11.6 Å². The quantitative estimate of drug-likeness (QED) is 0.710. The van der Waals surface area contributed by atoms with Crippen LogP contribution in [0.1, 0.15) is 37.7 Å². The molecular formula is C15H21N5O4. The minimum Gasteiger partial charge on any atom is -0.481 e. The lowest BCUT2D eigenvalue weighted by atomic mass is 9.90. The molecule has 0 saturated carbocycles. The van der Waals surface area contributed by atoms with E-state index in [4.69, 9.17) is 21.3 Å². The van der Waals surface area contributed by atoms with Gasteiger partial charge in [-0.05, 0) is 12.8 Å². The summed E-state index contributed by atoms with van der Waals surface area (Å²) in [7, 11) is 0. The minimum atomic E-state index is -0.962. The van der Waals surface area contributed by atoms with Crippen molar-refractivity contribution in [3.63, 3.8) is 0 Å². The molecule has 2 aliphatic heterocycles.